The summed E-state index contributed by atoms with van der Waals surface area (Å²) in [6.07, 6.45) is -0.251. The van der Waals surface area contributed by atoms with Crippen molar-refractivity contribution >= 4 is 23.5 Å². The Labute approximate surface area is 140 Å². The number of rotatable bonds is 9. The molecule has 0 fully saturated rings. The minimum absolute atomic E-state index is 0.0154. The zero-order valence-electron chi connectivity index (χ0n) is 13.4. The number of hydrogen-bond acceptors (Lipinski definition) is 5. The number of carbonyl (C=O) groups is 2. The fraction of sp³-hybridized carbons (Fsp3) is 0.500. The number of halogens is 1. The summed E-state index contributed by atoms with van der Waals surface area (Å²) < 4.78 is 15.0. The number of aliphatic carboxylic acids is 1. The normalized spacial score (nSPS) is 13.4. The quantitative estimate of drug-likeness (QED) is 0.421. The van der Waals surface area contributed by atoms with E-state index in [9.17, 15) is 14.7 Å². The van der Waals surface area contributed by atoms with Gasteiger partial charge in [-0.25, -0.2) is 0 Å². The summed E-state index contributed by atoms with van der Waals surface area (Å²) in [7, 11) is 1.53. The molecule has 2 unspecified atom stereocenters. The Kier molecular flexibility index (Phi) is 8.02. The zero-order valence-corrected chi connectivity index (χ0v) is 14.1. The highest BCUT2D eigenvalue weighted by Gasteiger charge is 2.28. The van der Waals surface area contributed by atoms with Gasteiger partial charge in [0.05, 0.1) is 12.7 Å². The maximum absolute atomic E-state index is 11.7. The van der Waals surface area contributed by atoms with Gasteiger partial charge in [0.15, 0.2) is 5.92 Å². The molecule has 2 atom stereocenters. The number of carboxylic acids is 1. The molecule has 0 heterocycles. The fourth-order valence-electron chi connectivity index (χ4n) is 2.04. The van der Waals surface area contributed by atoms with E-state index >= 15 is 0 Å². The second kappa shape index (κ2) is 9.50. The van der Waals surface area contributed by atoms with Gasteiger partial charge in [0.25, 0.3) is 0 Å². The van der Waals surface area contributed by atoms with Gasteiger partial charge < -0.3 is 19.3 Å². The van der Waals surface area contributed by atoms with Crippen LogP contribution in [0.2, 0.25) is 5.02 Å². The molecule has 7 heteroatoms. The Morgan fingerprint density at radius 2 is 2.04 bits per heavy atom. The second-order valence-corrected chi connectivity index (χ2v) is 5.33. The van der Waals surface area contributed by atoms with E-state index in [1.807, 2.05) is 6.92 Å². The topological polar surface area (TPSA) is 82.1 Å². The van der Waals surface area contributed by atoms with Crippen molar-refractivity contribution in [1.82, 2.24) is 0 Å². The van der Waals surface area contributed by atoms with Gasteiger partial charge in [-0.15, -0.1) is 0 Å². The molecule has 1 aromatic carbocycles. The molecule has 0 spiro atoms. The summed E-state index contributed by atoms with van der Waals surface area (Å²) >= 11 is 6.22. The van der Waals surface area contributed by atoms with Crippen LogP contribution < -0.4 is 0 Å². The van der Waals surface area contributed by atoms with Gasteiger partial charge in [-0.2, -0.15) is 0 Å². The summed E-state index contributed by atoms with van der Waals surface area (Å²) in [6, 6.07) is 5.11. The lowest BCUT2D eigenvalue weighted by Crippen LogP contribution is -2.28. The van der Waals surface area contributed by atoms with Gasteiger partial charge in [-0.1, -0.05) is 23.7 Å². The zero-order chi connectivity index (χ0) is 17.4. The van der Waals surface area contributed by atoms with Gasteiger partial charge >= 0.3 is 11.9 Å². The van der Waals surface area contributed by atoms with Crippen LogP contribution in [0, 0.1) is 5.92 Å². The Morgan fingerprint density at radius 1 is 1.35 bits per heavy atom. The Bertz CT molecular complexity index is 545. The Balaban J connectivity index is 2.87. The van der Waals surface area contributed by atoms with E-state index in [-0.39, 0.29) is 25.9 Å². The molecule has 6 nitrogen and oxygen atoms in total. The van der Waals surface area contributed by atoms with E-state index in [0.29, 0.717) is 10.6 Å². The molecular formula is C16H21ClO6. The van der Waals surface area contributed by atoms with Crippen LogP contribution in [0.4, 0.5) is 0 Å². The number of carboxylic acid groups (broad SMARTS) is 1. The Hall–Kier alpha value is -1.63. The van der Waals surface area contributed by atoms with Crippen LogP contribution >= 0.6 is 11.6 Å². The van der Waals surface area contributed by atoms with Crippen LogP contribution in [0.15, 0.2) is 18.2 Å². The van der Waals surface area contributed by atoms with E-state index < -0.39 is 17.9 Å². The molecule has 0 aliphatic heterocycles. The first kappa shape index (κ1) is 19.4. The van der Waals surface area contributed by atoms with Crippen molar-refractivity contribution in [2.24, 2.45) is 5.92 Å². The van der Waals surface area contributed by atoms with E-state index in [4.69, 9.17) is 25.8 Å². The molecule has 128 valence electrons. The van der Waals surface area contributed by atoms with Crippen LogP contribution in [0.25, 0.3) is 0 Å². The smallest absolute Gasteiger partial charge is 0.320 e. The number of methoxy groups -OCH3 is 1. The number of carbonyl (C=O) groups excluding carboxylic acids is 1. The van der Waals surface area contributed by atoms with Gasteiger partial charge in [0.2, 0.25) is 0 Å². The highest BCUT2D eigenvalue weighted by Crippen LogP contribution is 2.27. The lowest BCUT2D eigenvalue weighted by atomic mass is 9.97. The molecule has 0 radical (unpaired) electrons. The molecule has 1 rings (SSSR count). The SMILES string of the molecule is CCOC(=O)C(Cc1ccc(C(C)OCOC)c(Cl)c1)C(=O)O. The highest BCUT2D eigenvalue weighted by molar-refractivity contribution is 6.31. The molecule has 1 aromatic rings. The molecule has 0 saturated heterocycles. The van der Waals surface area contributed by atoms with Crippen LogP contribution in [-0.2, 0) is 30.2 Å². The summed E-state index contributed by atoms with van der Waals surface area (Å²) in [4.78, 5) is 22.9. The first-order valence-corrected chi connectivity index (χ1v) is 7.56. The van der Waals surface area contributed by atoms with Gasteiger partial charge in [0, 0.05) is 12.1 Å². The summed E-state index contributed by atoms with van der Waals surface area (Å²) in [6.45, 7) is 3.74. The number of esters is 1. The van der Waals surface area contributed by atoms with E-state index in [2.05, 4.69) is 0 Å². The lowest BCUT2D eigenvalue weighted by Gasteiger charge is -2.16. The standard InChI is InChI=1S/C16H21ClO6/c1-4-22-16(20)13(15(18)19)7-11-5-6-12(14(17)8-11)10(2)23-9-21-3/h5-6,8,10,13H,4,7,9H2,1-3H3,(H,18,19). The molecule has 1 N–H and O–H groups in total. The molecule has 23 heavy (non-hydrogen) atoms. The third-order valence-electron chi connectivity index (χ3n) is 3.25. The van der Waals surface area contributed by atoms with Gasteiger partial charge in [-0.05, 0) is 37.5 Å². The van der Waals surface area contributed by atoms with Crippen molar-refractivity contribution in [2.75, 3.05) is 20.5 Å². The first-order valence-electron chi connectivity index (χ1n) is 7.19. The van der Waals surface area contributed by atoms with Crippen LogP contribution in [-0.4, -0.2) is 37.6 Å². The third-order valence-corrected chi connectivity index (χ3v) is 3.58. The average molecular weight is 345 g/mol. The number of ether oxygens (including phenoxy) is 3. The minimum Gasteiger partial charge on any atom is -0.481 e. The van der Waals surface area contributed by atoms with Crippen LogP contribution in [0.3, 0.4) is 0 Å². The van der Waals surface area contributed by atoms with Gasteiger partial charge in [-0.3, -0.25) is 9.59 Å². The number of hydrogen-bond donors (Lipinski definition) is 1. The van der Waals surface area contributed by atoms with Crippen molar-refractivity contribution in [1.29, 1.82) is 0 Å². The summed E-state index contributed by atoms with van der Waals surface area (Å²) in [5.41, 5.74) is 1.40. The molecule has 0 saturated carbocycles. The maximum Gasteiger partial charge on any atom is 0.320 e. The van der Waals surface area contributed by atoms with E-state index in [0.717, 1.165) is 5.56 Å². The molecular weight excluding hydrogens is 324 g/mol. The monoisotopic (exact) mass is 344 g/mol. The predicted molar refractivity (Wildman–Crippen MR) is 84.3 cm³/mol. The minimum atomic E-state index is -1.25. The van der Waals surface area contributed by atoms with Crippen molar-refractivity contribution < 1.29 is 28.9 Å². The maximum atomic E-state index is 11.7. The summed E-state index contributed by atoms with van der Waals surface area (Å²) in [5.74, 6) is -3.23. The average Bonchev–Trinajstić information content (AvgIpc) is 2.50. The van der Waals surface area contributed by atoms with Gasteiger partial charge in [0.1, 0.15) is 6.79 Å². The van der Waals surface area contributed by atoms with Crippen molar-refractivity contribution in [3.05, 3.63) is 34.3 Å². The second-order valence-electron chi connectivity index (χ2n) is 4.92. The Morgan fingerprint density at radius 3 is 2.57 bits per heavy atom. The van der Waals surface area contributed by atoms with Crippen molar-refractivity contribution in [2.45, 2.75) is 26.4 Å². The van der Waals surface area contributed by atoms with Crippen LogP contribution in [0.1, 0.15) is 31.1 Å². The fourth-order valence-corrected chi connectivity index (χ4v) is 2.39. The number of benzene rings is 1. The van der Waals surface area contributed by atoms with Crippen molar-refractivity contribution in [3.8, 4) is 0 Å². The van der Waals surface area contributed by atoms with Crippen LogP contribution in [0.5, 0.6) is 0 Å². The summed E-state index contributed by atoms with van der Waals surface area (Å²) in [5, 5.41) is 9.62. The molecule has 0 aliphatic carbocycles. The van der Waals surface area contributed by atoms with Crippen molar-refractivity contribution in [3.63, 3.8) is 0 Å². The largest absolute Gasteiger partial charge is 0.481 e. The molecule has 0 aromatic heterocycles. The predicted octanol–water partition coefficient (Wildman–Crippen LogP) is 2.83. The van der Waals surface area contributed by atoms with E-state index in [1.54, 1.807) is 25.1 Å². The molecule has 0 bridgehead atoms. The first-order chi connectivity index (χ1) is 10.9. The molecule has 0 aliphatic rings. The van der Waals surface area contributed by atoms with E-state index in [1.165, 1.54) is 7.11 Å². The lowest BCUT2D eigenvalue weighted by molar-refractivity contribution is -0.158. The molecule has 0 amide bonds. The highest BCUT2D eigenvalue weighted by atomic mass is 35.5. The third kappa shape index (κ3) is 5.82.